The molecule has 1 nitrogen and oxygen atoms in total. The van der Waals surface area contributed by atoms with Crippen LogP contribution in [0.2, 0.25) is 0 Å². The van der Waals surface area contributed by atoms with Crippen molar-refractivity contribution in [3.05, 3.63) is 0 Å². The van der Waals surface area contributed by atoms with Gasteiger partial charge in [0.2, 0.25) is 5.78 Å². The highest BCUT2D eigenvalue weighted by Gasteiger charge is 2.25. The Kier molecular flexibility index (Phi) is 9.34. The van der Waals surface area contributed by atoms with Crippen LogP contribution in [0.4, 0.5) is 13.2 Å². The second kappa shape index (κ2) is 9.67. The van der Waals surface area contributed by atoms with Crippen molar-refractivity contribution in [2.24, 2.45) is 0 Å². The molecule has 0 N–H and O–H groups in total. The maximum atomic E-state index is 12.8. The third kappa shape index (κ3) is 7.71. The van der Waals surface area contributed by atoms with Gasteiger partial charge in [-0.2, -0.15) is 0 Å². The van der Waals surface area contributed by atoms with Gasteiger partial charge < -0.3 is 0 Å². The summed E-state index contributed by atoms with van der Waals surface area (Å²) in [4.78, 5) is 10.5. The van der Waals surface area contributed by atoms with Gasteiger partial charge in [-0.05, 0) is 6.42 Å². The summed E-state index contributed by atoms with van der Waals surface area (Å²) in [5, 5.41) is 0. The molecule has 0 heterocycles. The molecule has 0 spiro atoms. The van der Waals surface area contributed by atoms with E-state index in [1.165, 1.54) is 19.3 Å². The summed E-state index contributed by atoms with van der Waals surface area (Å²) in [6.07, 6.45) is 1.79. The summed E-state index contributed by atoms with van der Waals surface area (Å²) in [6.45, 7) is 2.13. The molecule has 0 amide bonds. The summed E-state index contributed by atoms with van der Waals surface area (Å²) < 4.78 is 36.5. The predicted molar refractivity (Wildman–Crippen MR) is 58.5 cm³/mol. The lowest BCUT2D eigenvalue weighted by molar-refractivity contribution is -0.134. The molecule has 0 saturated heterocycles. The van der Waals surface area contributed by atoms with Gasteiger partial charge in [0.15, 0.2) is 6.17 Å². The molecular weight excluding hydrogens is 217 g/mol. The number of alkyl halides is 3. The average molecular weight is 238 g/mol. The number of hydrogen-bond acceptors (Lipinski definition) is 1. The summed E-state index contributed by atoms with van der Waals surface area (Å²) in [5.41, 5.74) is 0. The normalized spacial score (nSPS) is 13.1. The zero-order valence-electron chi connectivity index (χ0n) is 9.85. The molecule has 0 aromatic heterocycles. The molecule has 0 fully saturated rings. The number of Topliss-reactive ketones (excluding diaryl/α,β-unsaturated/α-hetero) is 1. The standard InChI is InChI=1S/C12H21F3O/c1-2-3-4-5-6-7-8-9-10(13)11(16)12(14)15/h10,12H,2-9H2,1H3. The molecular formula is C12H21F3O. The summed E-state index contributed by atoms with van der Waals surface area (Å²) in [6, 6.07) is 0. The molecule has 0 aromatic rings. The highest BCUT2D eigenvalue weighted by atomic mass is 19.3. The molecule has 0 aromatic carbocycles. The highest BCUT2D eigenvalue weighted by molar-refractivity contribution is 5.85. The van der Waals surface area contributed by atoms with Crippen LogP contribution in [0.15, 0.2) is 0 Å². The van der Waals surface area contributed by atoms with Crippen molar-refractivity contribution in [2.75, 3.05) is 0 Å². The van der Waals surface area contributed by atoms with E-state index >= 15 is 0 Å². The minimum Gasteiger partial charge on any atom is -0.290 e. The smallest absolute Gasteiger partial charge is 0.290 e. The highest BCUT2D eigenvalue weighted by Crippen LogP contribution is 2.13. The van der Waals surface area contributed by atoms with E-state index in [-0.39, 0.29) is 6.42 Å². The number of hydrogen-bond donors (Lipinski definition) is 0. The molecule has 0 rings (SSSR count). The Balaban J connectivity index is 3.34. The van der Waals surface area contributed by atoms with Crippen molar-refractivity contribution in [3.8, 4) is 0 Å². The first kappa shape index (κ1) is 15.5. The Morgan fingerprint density at radius 1 is 0.938 bits per heavy atom. The van der Waals surface area contributed by atoms with Crippen molar-refractivity contribution in [1.82, 2.24) is 0 Å². The zero-order chi connectivity index (χ0) is 12.4. The largest absolute Gasteiger partial charge is 0.298 e. The molecule has 0 radical (unpaired) electrons. The number of halogens is 3. The average Bonchev–Trinajstić information content (AvgIpc) is 2.26. The molecule has 0 aliphatic carbocycles. The van der Waals surface area contributed by atoms with Crippen molar-refractivity contribution in [1.29, 1.82) is 0 Å². The minimum absolute atomic E-state index is 0.0586. The van der Waals surface area contributed by atoms with Crippen LogP contribution in [0.5, 0.6) is 0 Å². The van der Waals surface area contributed by atoms with Crippen molar-refractivity contribution in [2.45, 2.75) is 70.9 Å². The predicted octanol–water partition coefficient (Wildman–Crippen LogP) is 4.30. The number of carbonyl (C=O) groups excluding carboxylic acids is 1. The van der Waals surface area contributed by atoms with Crippen LogP contribution in [0.25, 0.3) is 0 Å². The first-order valence-corrected chi connectivity index (χ1v) is 6.05. The number of carbonyl (C=O) groups is 1. The van der Waals surface area contributed by atoms with Crippen LogP contribution in [-0.2, 0) is 4.79 Å². The van der Waals surface area contributed by atoms with Gasteiger partial charge in [-0.25, -0.2) is 13.2 Å². The first-order chi connectivity index (χ1) is 7.59. The molecule has 0 saturated carbocycles. The van der Waals surface area contributed by atoms with Gasteiger partial charge in [0.25, 0.3) is 6.43 Å². The molecule has 4 heteroatoms. The number of ketones is 1. The fourth-order valence-electron chi connectivity index (χ4n) is 1.56. The SMILES string of the molecule is CCCCCCCCCC(F)C(=O)C(F)F. The third-order valence-corrected chi connectivity index (χ3v) is 2.58. The lowest BCUT2D eigenvalue weighted by Crippen LogP contribution is -2.22. The minimum atomic E-state index is -3.17. The maximum absolute atomic E-state index is 12.8. The lowest BCUT2D eigenvalue weighted by atomic mass is 10.1. The topological polar surface area (TPSA) is 17.1 Å². The molecule has 96 valence electrons. The van der Waals surface area contributed by atoms with E-state index in [9.17, 15) is 18.0 Å². The summed E-state index contributed by atoms with van der Waals surface area (Å²) in [7, 11) is 0. The molecule has 0 aliphatic heterocycles. The van der Waals surface area contributed by atoms with Gasteiger partial charge in [0.1, 0.15) is 0 Å². The summed E-state index contributed by atoms with van der Waals surface area (Å²) in [5.74, 6) is -1.56. The fourth-order valence-corrected chi connectivity index (χ4v) is 1.56. The van der Waals surface area contributed by atoms with Gasteiger partial charge >= 0.3 is 0 Å². The molecule has 0 bridgehead atoms. The molecule has 0 aliphatic rings. The molecule has 1 unspecified atom stereocenters. The maximum Gasteiger partial charge on any atom is 0.298 e. The Bertz CT molecular complexity index is 183. The molecule has 1 atom stereocenters. The number of rotatable bonds is 10. The van der Waals surface area contributed by atoms with Crippen LogP contribution in [-0.4, -0.2) is 18.4 Å². The Morgan fingerprint density at radius 3 is 1.94 bits per heavy atom. The molecule has 16 heavy (non-hydrogen) atoms. The van der Waals surface area contributed by atoms with Gasteiger partial charge in [-0.15, -0.1) is 0 Å². The third-order valence-electron chi connectivity index (χ3n) is 2.58. The van der Waals surface area contributed by atoms with Gasteiger partial charge in [0, 0.05) is 0 Å². The van der Waals surface area contributed by atoms with Crippen LogP contribution in [0.1, 0.15) is 58.3 Å². The van der Waals surface area contributed by atoms with Crippen molar-refractivity contribution >= 4 is 5.78 Å². The Labute approximate surface area is 95.4 Å². The Morgan fingerprint density at radius 2 is 1.44 bits per heavy atom. The van der Waals surface area contributed by atoms with Crippen LogP contribution < -0.4 is 0 Å². The fraction of sp³-hybridized carbons (Fsp3) is 0.917. The van der Waals surface area contributed by atoms with Crippen molar-refractivity contribution < 1.29 is 18.0 Å². The lowest BCUT2D eigenvalue weighted by Gasteiger charge is -2.06. The monoisotopic (exact) mass is 238 g/mol. The van der Waals surface area contributed by atoms with Crippen LogP contribution in [0.3, 0.4) is 0 Å². The Hall–Kier alpha value is -0.540. The zero-order valence-corrected chi connectivity index (χ0v) is 9.85. The second-order valence-corrected chi connectivity index (χ2v) is 4.08. The van der Waals surface area contributed by atoms with Crippen LogP contribution >= 0.6 is 0 Å². The summed E-state index contributed by atoms with van der Waals surface area (Å²) >= 11 is 0. The van der Waals surface area contributed by atoms with E-state index < -0.39 is 18.4 Å². The quantitative estimate of drug-likeness (QED) is 0.518. The van der Waals surface area contributed by atoms with E-state index in [4.69, 9.17) is 0 Å². The van der Waals surface area contributed by atoms with E-state index in [0.717, 1.165) is 19.3 Å². The van der Waals surface area contributed by atoms with Gasteiger partial charge in [0.05, 0.1) is 0 Å². The van der Waals surface area contributed by atoms with E-state index in [2.05, 4.69) is 6.92 Å². The number of unbranched alkanes of at least 4 members (excludes halogenated alkanes) is 6. The van der Waals surface area contributed by atoms with Crippen molar-refractivity contribution in [3.63, 3.8) is 0 Å². The van der Waals surface area contributed by atoms with E-state index in [1.807, 2.05) is 0 Å². The van der Waals surface area contributed by atoms with Gasteiger partial charge in [-0.1, -0.05) is 51.9 Å². The first-order valence-electron chi connectivity index (χ1n) is 6.05. The second-order valence-electron chi connectivity index (χ2n) is 4.08. The van der Waals surface area contributed by atoms with Gasteiger partial charge in [-0.3, -0.25) is 4.79 Å². The van der Waals surface area contributed by atoms with E-state index in [0.29, 0.717) is 6.42 Å². The van der Waals surface area contributed by atoms with Crippen LogP contribution in [0, 0.1) is 0 Å². The van der Waals surface area contributed by atoms with E-state index in [1.54, 1.807) is 0 Å².